The fourth-order valence-corrected chi connectivity index (χ4v) is 2.40. The number of benzene rings is 1. The van der Waals surface area contributed by atoms with E-state index in [0.29, 0.717) is 0 Å². The molecule has 17 heavy (non-hydrogen) atoms. The SMILES string of the molecule is CCOCCCN1CCCc2ccc(N)cc21. The molecule has 0 radical (unpaired) electrons. The van der Waals surface area contributed by atoms with Gasteiger partial charge in [-0.05, 0) is 43.9 Å². The summed E-state index contributed by atoms with van der Waals surface area (Å²) in [5.74, 6) is 0. The summed E-state index contributed by atoms with van der Waals surface area (Å²) in [6.07, 6.45) is 3.51. The highest BCUT2D eigenvalue weighted by atomic mass is 16.5. The normalized spacial score (nSPS) is 14.8. The molecule has 0 spiro atoms. The van der Waals surface area contributed by atoms with Gasteiger partial charge in [-0.15, -0.1) is 0 Å². The molecule has 0 atom stereocenters. The van der Waals surface area contributed by atoms with Gasteiger partial charge >= 0.3 is 0 Å². The maximum atomic E-state index is 5.87. The van der Waals surface area contributed by atoms with E-state index in [9.17, 15) is 0 Å². The highest BCUT2D eigenvalue weighted by Gasteiger charge is 2.16. The molecule has 3 nitrogen and oxygen atoms in total. The summed E-state index contributed by atoms with van der Waals surface area (Å²) in [4.78, 5) is 2.44. The molecule has 3 heteroatoms. The van der Waals surface area contributed by atoms with Crippen molar-refractivity contribution in [1.29, 1.82) is 0 Å². The van der Waals surface area contributed by atoms with Crippen LogP contribution < -0.4 is 10.6 Å². The Morgan fingerprint density at radius 2 is 2.29 bits per heavy atom. The number of ether oxygens (including phenoxy) is 1. The Kier molecular flexibility index (Phi) is 4.26. The van der Waals surface area contributed by atoms with Crippen molar-refractivity contribution in [2.75, 3.05) is 36.9 Å². The van der Waals surface area contributed by atoms with Crippen molar-refractivity contribution in [2.45, 2.75) is 26.2 Å². The molecule has 0 bridgehead atoms. The van der Waals surface area contributed by atoms with Gasteiger partial charge in [0.25, 0.3) is 0 Å². The van der Waals surface area contributed by atoms with Crippen LogP contribution in [0.4, 0.5) is 11.4 Å². The van der Waals surface area contributed by atoms with Crippen molar-refractivity contribution in [2.24, 2.45) is 0 Å². The molecule has 0 unspecified atom stereocenters. The molecule has 0 saturated carbocycles. The molecule has 0 aliphatic carbocycles. The van der Waals surface area contributed by atoms with E-state index in [1.807, 2.05) is 13.0 Å². The van der Waals surface area contributed by atoms with Crippen LogP contribution in [0.25, 0.3) is 0 Å². The fraction of sp³-hybridized carbons (Fsp3) is 0.571. The average molecular weight is 234 g/mol. The van der Waals surface area contributed by atoms with Crippen LogP contribution in [0.2, 0.25) is 0 Å². The van der Waals surface area contributed by atoms with Gasteiger partial charge in [0.05, 0.1) is 0 Å². The molecule has 2 N–H and O–H groups in total. The minimum atomic E-state index is 0.809. The van der Waals surface area contributed by atoms with Gasteiger partial charge in [-0.3, -0.25) is 0 Å². The third-order valence-corrected chi connectivity index (χ3v) is 3.25. The van der Waals surface area contributed by atoms with Crippen molar-refractivity contribution in [3.63, 3.8) is 0 Å². The summed E-state index contributed by atoms with van der Waals surface area (Å²) in [5, 5.41) is 0. The quantitative estimate of drug-likeness (QED) is 0.628. The number of rotatable bonds is 5. The van der Waals surface area contributed by atoms with Gasteiger partial charge in [-0.1, -0.05) is 6.07 Å². The minimum Gasteiger partial charge on any atom is -0.399 e. The topological polar surface area (TPSA) is 38.5 Å². The van der Waals surface area contributed by atoms with Crippen molar-refractivity contribution in [1.82, 2.24) is 0 Å². The Bertz CT molecular complexity index is 365. The summed E-state index contributed by atoms with van der Waals surface area (Å²) >= 11 is 0. The lowest BCUT2D eigenvalue weighted by molar-refractivity contribution is 0.146. The van der Waals surface area contributed by atoms with Crippen molar-refractivity contribution in [3.05, 3.63) is 23.8 Å². The van der Waals surface area contributed by atoms with E-state index in [4.69, 9.17) is 10.5 Å². The molecular formula is C14H22N2O. The molecule has 94 valence electrons. The van der Waals surface area contributed by atoms with Crippen LogP contribution in [0, 0.1) is 0 Å². The van der Waals surface area contributed by atoms with E-state index in [1.165, 1.54) is 24.1 Å². The Hall–Kier alpha value is -1.22. The van der Waals surface area contributed by atoms with Crippen molar-refractivity contribution < 1.29 is 4.74 Å². The predicted octanol–water partition coefficient (Wildman–Crippen LogP) is 2.45. The molecule has 0 amide bonds. The number of anilines is 2. The molecule has 0 saturated heterocycles. The fourth-order valence-electron chi connectivity index (χ4n) is 2.40. The Balaban J connectivity index is 1.98. The zero-order valence-electron chi connectivity index (χ0n) is 10.6. The minimum absolute atomic E-state index is 0.809. The molecule has 1 heterocycles. The van der Waals surface area contributed by atoms with Gasteiger partial charge in [0.15, 0.2) is 0 Å². The second-order valence-corrected chi connectivity index (χ2v) is 4.53. The standard InChI is InChI=1S/C14H22N2O/c1-2-17-10-4-9-16-8-3-5-12-6-7-13(15)11-14(12)16/h6-7,11H,2-5,8-10,15H2,1H3. The van der Waals surface area contributed by atoms with E-state index >= 15 is 0 Å². The predicted molar refractivity (Wildman–Crippen MR) is 72.5 cm³/mol. The number of nitrogens with two attached hydrogens (primary N) is 1. The molecule has 0 fully saturated rings. The zero-order chi connectivity index (χ0) is 12.1. The molecular weight excluding hydrogens is 212 g/mol. The molecule has 1 aliphatic rings. The molecule has 0 aromatic heterocycles. The first kappa shape index (κ1) is 12.2. The maximum absolute atomic E-state index is 5.87. The number of aryl methyl sites for hydroxylation is 1. The van der Waals surface area contributed by atoms with Gasteiger partial charge in [0.2, 0.25) is 0 Å². The third-order valence-electron chi connectivity index (χ3n) is 3.25. The molecule has 1 aromatic carbocycles. The first-order valence-corrected chi connectivity index (χ1v) is 6.52. The van der Waals surface area contributed by atoms with E-state index < -0.39 is 0 Å². The Morgan fingerprint density at radius 1 is 1.41 bits per heavy atom. The largest absolute Gasteiger partial charge is 0.399 e. The second kappa shape index (κ2) is 5.92. The molecule has 1 aliphatic heterocycles. The number of hydrogen-bond donors (Lipinski definition) is 1. The van der Waals surface area contributed by atoms with Crippen LogP contribution in [-0.2, 0) is 11.2 Å². The lowest BCUT2D eigenvalue weighted by atomic mass is 10.0. The van der Waals surface area contributed by atoms with Crippen molar-refractivity contribution >= 4 is 11.4 Å². The average Bonchev–Trinajstić information content (AvgIpc) is 2.35. The first-order valence-electron chi connectivity index (χ1n) is 6.52. The van der Waals surface area contributed by atoms with E-state index in [1.54, 1.807) is 0 Å². The van der Waals surface area contributed by atoms with Crippen LogP contribution >= 0.6 is 0 Å². The number of hydrogen-bond acceptors (Lipinski definition) is 3. The highest BCUT2D eigenvalue weighted by Crippen LogP contribution is 2.29. The summed E-state index contributed by atoms with van der Waals surface area (Å²) in [6, 6.07) is 6.27. The van der Waals surface area contributed by atoms with E-state index in [-0.39, 0.29) is 0 Å². The van der Waals surface area contributed by atoms with Crippen LogP contribution in [-0.4, -0.2) is 26.3 Å². The van der Waals surface area contributed by atoms with Gasteiger partial charge in [0, 0.05) is 37.7 Å². The van der Waals surface area contributed by atoms with E-state index in [0.717, 1.165) is 38.4 Å². The highest BCUT2D eigenvalue weighted by molar-refractivity contribution is 5.62. The van der Waals surface area contributed by atoms with Crippen LogP contribution in [0.1, 0.15) is 25.3 Å². The second-order valence-electron chi connectivity index (χ2n) is 4.53. The number of fused-ring (bicyclic) bond motifs is 1. The first-order chi connectivity index (χ1) is 8.31. The zero-order valence-corrected chi connectivity index (χ0v) is 10.6. The Labute approximate surface area is 104 Å². The van der Waals surface area contributed by atoms with Crippen LogP contribution in [0.15, 0.2) is 18.2 Å². The summed E-state index contributed by atoms with van der Waals surface area (Å²) in [5.41, 5.74) is 9.49. The summed E-state index contributed by atoms with van der Waals surface area (Å²) in [6.45, 7) is 5.91. The molecule has 1 aromatic rings. The van der Waals surface area contributed by atoms with Gasteiger partial charge in [-0.25, -0.2) is 0 Å². The molecule has 2 rings (SSSR count). The number of nitrogens with zero attached hydrogens (tertiary/aromatic N) is 1. The van der Waals surface area contributed by atoms with Gasteiger partial charge < -0.3 is 15.4 Å². The van der Waals surface area contributed by atoms with Crippen LogP contribution in [0.5, 0.6) is 0 Å². The van der Waals surface area contributed by atoms with Gasteiger partial charge in [-0.2, -0.15) is 0 Å². The van der Waals surface area contributed by atoms with E-state index in [2.05, 4.69) is 17.0 Å². The smallest absolute Gasteiger partial charge is 0.0482 e. The van der Waals surface area contributed by atoms with Crippen LogP contribution in [0.3, 0.4) is 0 Å². The van der Waals surface area contributed by atoms with Gasteiger partial charge in [0.1, 0.15) is 0 Å². The third kappa shape index (κ3) is 3.13. The summed E-state index contributed by atoms with van der Waals surface area (Å²) in [7, 11) is 0. The lowest BCUT2D eigenvalue weighted by Gasteiger charge is -2.31. The number of nitrogen functional groups attached to an aromatic ring is 1. The monoisotopic (exact) mass is 234 g/mol. The Morgan fingerprint density at radius 3 is 3.12 bits per heavy atom. The summed E-state index contributed by atoms with van der Waals surface area (Å²) < 4.78 is 5.38. The van der Waals surface area contributed by atoms with Crippen molar-refractivity contribution in [3.8, 4) is 0 Å². The maximum Gasteiger partial charge on any atom is 0.0482 e. The lowest BCUT2D eigenvalue weighted by Crippen LogP contribution is -2.31.